The molecule has 2 fully saturated rings. The van der Waals surface area contributed by atoms with Crippen LogP contribution in [0.3, 0.4) is 0 Å². The molecule has 12 heteroatoms. The van der Waals surface area contributed by atoms with Crippen molar-refractivity contribution < 1.29 is 26.4 Å². The molecule has 0 saturated carbocycles. The fraction of sp³-hybridized carbons (Fsp3) is 0.415. The van der Waals surface area contributed by atoms with Crippen LogP contribution in [0.4, 0.5) is 0 Å². The maximum Gasteiger partial charge on any atom is 0.244 e. The van der Waals surface area contributed by atoms with Crippen molar-refractivity contribution in [1.82, 2.24) is 13.9 Å². The number of benzene rings is 3. The lowest BCUT2D eigenvalue weighted by molar-refractivity contribution is -0.126. The Kier molecular flexibility index (Phi) is 13.8. The van der Waals surface area contributed by atoms with Crippen molar-refractivity contribution in [1.29, 1.82) is 0 Å². The number of nitrogens with two attached hydrogens (primary N) is 1. The summed E-state index contributed by atoms with van der Waals surface area (Å²) in [6, 6.07) is 17.2. The molecule has 0 radical (unpaired) electrons. The van der Waals surface area contributed by atoms with E-state index in [1.807, 2.05) is 30.4 Å². The summed E-state index contributed by atoms with van der Waals surface area (Å²) >= 11 is 0. The van der Waals surface area contributed by atoms with Gasteiger partial charge in [-0.3, -0.25) is 9.59 Å². The quantitative estimate of drug-likeness (QED) is 0.153. The topological polar surface area (TPSA) is 147 Å². The van der Waals surface area contributed by atoms with Crippen molar-refractivity contribution in [3.8, 4) is 0 Å². The number of carbonyl (C=O) groups is 2. The van der Waals surface area contributed by atoms with Gasteiger partial charge in [0.2, 0.25) is 31.9 Å². The van der Waals surface area contributed by atoms with Gasteiger partial charge in [0.15, 0.2) is 0 Å². The highest BCUT2D eigenvalue weighted by Gasteiger charge is 2.40. The largest absolute Gasteiger partial charge is 0.368 e. The number of sulfonamides is 2. The first kappa shape index (κ1) is 40.1. The molecule has 0 bridgehead atoms. The van der Waals surface area contributed by atoms with E-state index in [1.54, 1.807) is 18.2 Å². The number of piperidine rings is 2. The van der Waals surface area contributed by atoms with Gasteiger partial charge in [-0.15, -0.1) is 0 Å². The Labute approximate surface area is 314 Å². The van der Waals surface area contributed by atoms with Crippen molar-refractivity contribution >= 4 is 42.6 Å². The Balaban J connectivity index is 1.39. The van der Waals surface area contributed by atoms with Crippen molar-refractivity contribution in [3.05, 3.63) is 109 Å². The number of allylic oxidation sites excluding steroid dienone is 4. The molecule has 2 aliphatic rings. The second-order valence-electron chi connectivity index (χ2n) is 14.0. The molecule has 0 aliphatic carbocycles. The first-order chi connectivity index (χ1) is 25.4. The molecule has 0 spiro atoms. The van der Waals surface area contributed by atoms with Gasteiger partial charge in [-0.25, -0.2) is 16.8 Å². The Morgan fingerprint density at radius 1 is 0.792 bits per heavy atom. The van der Waals surface area contributed by atoms with Crippen LogP contribution in [0.2, 0.25) is 0 Å². The standard InChI is InChI=1S/C41H52N4O6S2/c1-3-4-16-31(2)17-12-21-33(22-13-20-32-18-6-5-7-19-32)43-41(47)37-26-9-11-30-45(37)53(50,51)39-28-15-23-34-35(39)24-14-27-38(34)52(48,49)44-29-10-8-25-36(44)40(42)46/h3-7,14-16,18-19,23-24,27-28,33,36-37H,1-2,8-13,17,20-22,25-26,29-30H2,(H2,42,46)(H,43,47)/b16-4-/t33?,36-,37?/m0/s1. The van der Waals surface area contributed by atoms with E-state index >= 15 is 0 Å². The number of nitrogens with zero attached hydrogens (tertiary/aromatic N) is 2. The summed E-state index contributed by atoms with van der Waals surface area (Å²) in [6.07, 6.45) is 13.5. The van der Waals surface area contributed by atoms with Crippen LogP contribution in [0.15, 0.2) is 113 Å². The molecule has 10 nitrogen and oxygen atoms in total. The van der Waals surface area contributed by atoms with Gasteiger partial charge in [0.1, 0.15) is 12.1 Å². The Hall–Kier alpha value is -4.10. The van der Waals surface area contributed by atoms with Crippen molar-refractivity contribution in [2.75, 3.05) is 13.1 Å². The molecule has 3 N–H and O–H groups in total. The van der Waals surface area contributed by atoms with Crippen molar-refractivity contribution in [2.24, 2.45) is 5.73 Å². The predicted octanol–water partition coefficient (Wildman–Crippen LogP) is 6.39. The highest BCUT2D eigenvalue weighted by Crippen LogP contribution is 2.35. The van der Waals surface area contributed by atoms with Crippen LogP contribution in [0.5, 0.6) is 0 Å². The molecule has 2 heterocycles. The SMILES string of the molecule is C=C/C=C\C(=C)CCCC(CCCc1ccccc1)NC(=O)C1CCCCN1S(=O)(=O)c1cccc2c(S(=O)(=O)N3CCCC[C@H]3C(N)=O)cccc12. The van der Waals surface area contributed by atoms with E-state index in [-0.39, 0.29) is 45.6 Å². The van der Waals surface area contributed by atoms with E-state index in [0.29, 0.717) is 38.5 Å². The van der Waals surface area contributed by atoms with Gasteiger partial charge in [0.05, 0.1) is 9.79 Å². The highest BCUT2D eigenvalue weighted by atomic mass is 32.2. The minimum Gasteiger partial charge on any atom is -0.368 e. The van der Waals surface area contributed by atoms with Gasteiger partial charge in [0, 0.05) is 29.9 Å². The van der Waals surface area contributed by atoms with Crippen LogP contribution in [0.25, 0.3) is 10.8 Å². The number of rotatable bonds is 17. The first-order valence-corrected chi connectivity index (χ1v) is 21.5. The van der Waals surface area contributed by atoms with E-state index in [0.717, 1.165) is 48.4 Å². The monoisotopic (exact) mass is 760 g/mol. The highest BCUT2D eigenvalue weighted by molar-refractivity contribution is 7.90. The second-order valence-corrected chi connectivity index (χ2v) is 17.7. The molecular formula is C41H52N4O6S2. The fourth-order valence-corrected chi connectivity index (χ4v) is 11.3. The van der Waals surface area contributed by atoms with Gasteiger partial charge in [0.25, 0.3) is 0 Å². The third-order valence-electron chi connectivity index (χ3n) is 10.3. The molecule has 3 aromatic carbocycles. The number of nitrogens with one attached hydrogen (secondary N) is 1. The lowest BCUT2D eigenvalue weighted by atomic mass is 9.98. The first-order valence-electron chi connectivity index (χ1n) is 18.6. The second kappa shape index (κ2) is 18.3. The maximum absolute atomic E-state index is 14.6. The van der Waals surface area contributed by atoms with Crippen LogP contribution < -0.4 is 11.1 Å². The minimum atomic E-state index is -4.26. The summed E-state index contributed by atoms with van der Waals surface area (Å²) in [6.45, 7) is 8.13. The number of hydrogen-bond donors (Lipinski definition) is 2. The third-order valence-corrected chi connectivity index (χ3v) is 14.2. The minimum absolute atomic E-state index is 0.0673. The van der Waals surface area contributed by atoms with Gasteiger partial charge in [-0.2, -0.15) is 8.61 Å². The molecule has 0 aromatic heterocycles. The smallest absolute Gasteiger partial charge is 0.244 e. The van der Waals surface area contributed by atoms with Gasteiger partial charge < -0.3 is 11.1 Å². The summed E-state index contributed by atoms with van der Waals surface area (Å²) < 4.78 is 59.6. The van der Waals surface area contributed by atoms with E-state index in [2.05, 4.69) is 30.6 Å². The number of aryl methyl sites for hydroxylation is 1. The zero-order valence-corrected chi connectivity index (χ0v) is 32.0. The van der Waals surface area contributed by atoms with Crippen LogP contribution in [0.1, 0.15) is 76.2 Å². The zero-order chi connectivity index (χ0) is 38.0. The van der Waals surface area contributed by atoms with Gasteiger partial charge >= 0.3 is 0 Å². The number of amides is 2. The molecule has 2 saturated heterocycles. The summed E-state index contributed by atoms with van der Waals surface area (Å²) in [4.78, 5) is 26.2. The van der Waals surface area contributed by atoms with Crippen molar-refractivity contribution in [2.45, 2.75) is 105 Å². The molecule has 53 heavy (non-hydrogen) atoms. The van der Waals surface area contributed by atoms with Crippen LogP contribution in [-0.4, -0.2) is 68.5 Å². The molecule has 5 rings (SSSR count). The zero-order valence-electron chi connectivity index (χ0n) is 30.4. The van der Waals surface area contributed by atoms with E-state index in [4.69, 9.17) is 5.73 Å². The van der Waals surface area contributed by atoms with Crippen LogP contribution in [0, 0.1) is 0 Å². The number of carbonyl (C=O) groups excluding carboxylic acids is 2. The van der Waals surface area contributed by atoms with E-state index in [9.17, 15) is 26.4 Å². The molecule has 284 valence electrons. The molecule has 3 atom stereocenters. The molecule has 3 aromatic rings. The van der Waals surface area contributed by atoms with E-state index in [1.165, 1.54) is 34.1 Å². The maximum atomic E-state index is 14.6. The molecule has 2 unspecified atom stereocenters. The van der Waals surface area contributed by atoms with Crippen molar-refractivity contribution in [3.63, 3.8) is 0 Å². The number of fused-ring (bicyclic) bond motifs is 1. The van der Waals surface area contributed by atoms with Crippen LogP contribution >= 0.6 is 0 Å². The van der Waals surface area contributed by atoms with Crippen LogP contribution in [-0.2, 0) is 36.1 Å². The normalized spacial score (nSPS) is 19.5. The molecular weight excluding hydrogens is 709 g/mol. The lowest BCUT2D eigenvalue weighted by Gasteiger charge is -2.35. The Bertz CT molecular complexity index is 2030. The molecule has 2 aliphatic heterocycles. The van der Waals surface area contributed by atoms with E-state index < -0.39 is 38.0 Å². The Morgan fingerprint density at radius 3 is 1.94 bits per heavy atom. The number of primary amides is 1. The summed E-state index contributed by atoms with van der Waals surface area (Å²) in [5.74, 6) is -1.04. The predicted molar refractivity (Wildman–Crippen MR) is 210 cm³/mol. The average Bonchev–Trinajstić information content (AvgIpc) is 3.16. The summed E-state index contributed by atoms with van der Waals surface area (Å²) in [5, 5.41) is 3.68. The van der Waals surface area contributed by atoms with Gasteiger partial charge in [-0.05, 0) is 81.9 Å². The fourth-order valence-electron chi connectivity index (χ4n) is 7.53. The third kappa shape index (κ3) is 9.72. The average molecular weight is 761 g/mol. The van der Waals surface area contributed by atoms with Gasteiger partial charge in [-0.1, -0.05) is 104 Å². The number of hydrogen-bond acceptors (Lipinski definition) is 6. The summed E-state index contributed by atoms with van der Waals surface area (Å²) in [5.41, 5.74) is 7.80. The Morgan fingerprint density at radius 2 is 1.36 bits per heavy atom. The summed E-state index contributed by atoms with van der Waals surface area (Å²) in [7, 11) is -8.46. The molecule has 2 amide bonds. The lowest BCUT2D eigenvalue weighted by Crippen LogP contribution is -2.53.